The van der Waals surface area contributed by atoms with E-state index in [0.29, 0.717) is 31.1 Å². The maximum Gasteiger partial charge on any atom is 0.243 e. The van der Waals surface area contributed by atoms with Crippen molar-refractivity contribution in [3.8, 4) is 5.75 Å². The summed E-state index contributed by atoms with van der Waals surface area (Å²) in [6.45, 7) is 2.81. The second-order valence-corrected chi connectivity index (χ2v) is 5.83. The van der Waals surface area contributed by atoms with E-state index in [-0.39, 0.29) is 4.90 Å². The summed E-state index contributed by atoms with van der Waals surface area (Å²) in [6.07, 6.45) is 0. The predicted octanol–water partition coefficient (Wildman–Crippen LogP) is 0.934. The Morgan fingerprint density at radius 1 is 1.32 bits per heavy atom. The molecule has 0 atom stereocenters. The van der Waals surface area contributed by atoms with Crippen LogP contribution in [0.4, 0.5) is 5.69 Å². The van der Waals surface area contributed by atoms with Gasteiger partial charge in [0.1, 0.15) is 5.75 Å². The monoisotopic (exact) mass is 288 g/mol. The fourth-order valence-corrected chi connectivity index (χ4v) is 3.09. The number of rotatable bonds is 7. The van der Waals surface area contributed by atoms with Crippen molar-refractivity contribution in [1.82, 2.24) is 4.31 Å². The Balaban J connectivity index is 3.11. The van der Waals surface area contributed by atoms with Crippen molar-refractivity contribution in [2.24, 2.45) is 0 Å². The van der Waals surface area contributed by atoms with Crippen molar-refractivity contribution in [1.29, 1.82) is 0 Å². The van der Waals surface area contributed by atoms with Gasteiger partial charge in [-0.05, 0) is 12.1 Å². The van der Waals surface area contributed by atoms with Crippen molar-refractivity contribution < 1.29 is 17.9 Å². The Hall–Kier alpha value is -1.31. The smallest absolute Gasteiger partial charge is 0.243 e. The third kappa shape index (κ3) is 3.59. The average Bonchev–Trinajstić information content (AvgIpc) is 2.39. The van der Waals surface area contributed by atoms with Gasteiger partial charge in [-0.3, -0.25) is 0 Å². The molecule has 108 valence electrons. The van der Waals surface area contributed by atoms with E-state index in [1.165, 1.54) is 36.7 Å². The number of benzene rings is 1. The SMILES string of the molecule is CCN(CCOC)S(=O)(=O)c1ccc(N)c(OC)c1. The average molecular weight is 288 g/mol. The number of anilines is 1. The first kappa shape index (κ1) is 15.7. The molecule has 1 aromatic carbocycles. The third-order valence-electron chi connectivity index (χ3n) is 2.74. The molecule has 0 amide bonds. The van der Waals surface area contributed by atoms with Crippen LogP contribution in [0.3, 0.4) is 0 Å². The normalized spacial score (nSPS) is 11.8. The highest BCUT2D eigenvalue weighted by Gasteiger charge is 2.23. The van der Waals surface area contributed by atoms with Crippen molar-refractivity contribution in [2.75, 3.05) is 39.6 Å². The minimum Gasteiger partial charge on any atom is -0.495 e. The van der Waals surface area contributed by atoms with Crippen molar-refractivity contribution in [3.63, 3.8) is 0 Å². The lowest BCUT2D eigenvalue weighted by Crippen LogP contribution is -2.33. The molecule has 0 saturated heterocycles. The van der Waals surface area contributed by atoms with Gasteiger partial charge >= 0.3 is 0 Å². The highest BCUT2D eigenvalue weighted by Crippen LogP contribution is 2.26. The first-order valence-electron chi connectivity index (χ1n) is 5.90. The maximum atomic E-state index is 12.4. The molecule has 1 aromatic rings. The molecule has 0 aliphatic heterocycles. The third-order valence-corrected chi connectivity index (χ3v) is 4.71. The number of nitrogens with two attached hydrogens (primary N) is 1. The quantitative estimate of drug-likeness (QED) is 0.755. The van der Waals surface area contributed by atoms with Crippen LogP contribution in [-0.4, -0.2) is 46.6 Å². The number of sulfonamides is 1. The lowest BCUT2D eigenvalue weighted by molar-refractivity contribution is 0.180. The van der Waals surface area contributed by atoms with Crippen LogP contribution in [0.2, 0.25) is 0 Å². The first-order valence-corrected chi connectivity index (χ1v) is 7.34. The Kier molecular flexibility index (Phi) is 5.59. The topological polar surface area (TPSA) is 81.9 Å². The molecule has 19 heavy (non-hydrogen) atoms. The number of hydrogen-bond donors (Lipinski definition) is 1. The van der Waals surface area contributed by atoms with E-state index in [2.05, 4.69) is 0 Å². The molecular formula is C12H20N2O4S. The van der Waals surface area contributed by atoms with Gasteiger partial charge in [-0.2, -0.15) is 4.31 Å². The summed E-state index contributed by atoms with van der Waals surface area (Å²) in [4.78, 5) is 0.163. The fourth-order valence-electron chi connectivity index (χ4n) is 1.64. The van der Waals surface area contributed by atoms with Crippen LogP contribution in [-0.2, 0) is 14.8 Å². The minimum atomic E-state index is -3.55. The van der Waals surface area contributed by atoms with Gasteiger partial charge in [-0.25, -0.2) is 8.42 Å². The van der Waals surface area contributed by atoms with Gasteiger partial charge in [-0.1, -0.05) is 6.92 Å². The van der Waals surface area contributed by atoms with Crippen LogP contribution in [0, 0.1) is 0 Å². The number of nitrogen functional groups attached to an aromatic ring is 1. The molecule has 0 fully saturated rings. The van der Waals surface area contributed by atoms with Crippen LogP contribution < -0.4 is 10.5 Å². The van der Waals surface area contributed by atoms with E-state index < -0.39 is 10.0 Å². The summed E-state index contributed by atoms with van der Waals surface area (Å²) in [5.41, 5.74) is 6.08. The number of nitrogens with zero attached hydrogens (tertiary/aromatic N) is 1. The van der Waals surface area contributed by atoms with Gasteiger partial charge in [0.25, 0.3) is 0 Å². The predicted molar refractivity (Wildman–Crippen MR) is 73.7 cm³/mol. The van der Waals surface area contributed by atoms with E-state index >= 15 is 0 Å². The van der Waals surface area contributed by atoms with E-state index in [9.17, 15) is 8.42 Å². The Bertz CT molecular complexity index is 516. The highest BCUT2D eigenvalue weighted by molar-refractivity contribution is 7.89. The van der Waals surface area contributed by atoms with E-state index in [0.717, 1.165) is 0 Å². The summed E-state index contributed by atoms with van der Waals surface area (Å²) in [7, 11) is -0.572. The Morgan fingerprint density at radius 3 is 2.53 bits per heavy atom. The largest absolute Gasteiger partial charge is 0.495 e. The summed E-state index contributed by atoms with van der Waals surface area (Å²) in [5, 5.41) is 0. The van der Waals surface area contributed by atoms with Crippen LogP contribution >= 0.6 is 0 Å². The van der Waals surface area contributed by atoms with Crippen LogP contribution in [0.25, 0.3) is 0 Å². The molecule has 0 heterocycles. The van der Waals surface area contributed by atoms with E-state index in [1.54, 1.807) is 6.92 Å². The molecule has 0 bridgehead atoms. The lowest BCUT2D eigenvalue weighted by Gasteiger charge is -2.20. The fraction of sp³-hybridized carbons (Fsp3) is 0.500. The van der Waals surface area contributed by atoms with Gasteiger partial charge in [0, 0.05) is 26.3 Å². The highest BCUT2D eigenvalue weighted by atomic mass is 32.2. The van der Waals surface area contributed by atoms with Gasteiger partial charge in [0.05, 0.1) is 24.3 Å². The molecular weight excluding hydrogens is 268 g/mol. The first-order chi connectivity index (χ1) is 8.97. The van der Waals surface area contributed by atoms with Crippen LogP contribution in [0.5, 0.6) is 5.75 Å². The molecule has 7 heteroatoms. The Morgan fingerprint density at radius 2 is 2.00 bits per heavy atom. The molecule has 0 spiro atoms. The number of ether oxygens (including phenoxy) is 2. The second kappa shape index (κ2) is 6.74. The minimum absolute atomic E-state index is 0.163. The number of hydrogen-bond acceptors (Lipinski definition) is 5. The maximum absolute atomic E-state index is 12.4. The molecule has 6 nitrogen and oxygen atoms in total. The molecule has 2 N–H and O–H groups in total. The molecule has 0 saturated carbocycles. The van der Waals surface area contributed by atoms with Crippen molar-refractivity contribution in [3.05, 3.63) is 18.2 Å². The van der Waals surface area contributed by atoms with Gasteiger partial charge in [-0.15, -0.1) is 0 Å². The summed E-state index contributed by atoms with van der Waals surface area (Å²) in [5.74, 6) is 0.351. The summed E-state index contributed by atoms with van der Waals surface area (Å²) in [6, 6.07) is 4.43. The Labute approximate surface area is 114 Å². The molecule has 0 radical (unpaired) electrons. The molecule has 1 rings (SSSR count). The van der Waals surface area contributed by atoms with Crippen LogP contribution in [0.15, 0.2) is 23.1 Å². The van der Waals surface area contributed by atoms with Gasteiger partial charge < -0.3 is 15.2 Å². The lowest BCUT2D eigenvalue weighted by atomic mass is 10.3. The molecule has 0 aliphatic carbocycles. The zero-order chi connectivity index (χ0) is 14.5. The number of likely N-dealkylation sites (N-methyl/N-ethyl adjacent to an activating group) is 1. The molecule has 0 unspecified atom stereocenters. The molecule has 0 aliphatic rings. The van der Waals surface area contributed by atoms with Crippen LogP contribution in [0.1, 0.15) is 6.92 Å². The van der Waals surface area contributed by atoms with Gasteiger partial charge in [0.15, 0.2) is 0 Å². The van der Waals surface area contributed by atoms with Crippen molar-refractivity contribution >= 4 is 15.7 Å². The standard InChI is InChI=1S/C12H20N2O4S/c1-4-14(7-8-17-2)19(15,16)10-5-6-11(13)12(9-10)18-3/h5-6,9H,4,7-8,13H2,1-3H3. The van der Waals surface area contributed by atoms with E-state index in [4.69, 9.17) is 15.2 Å². The van der Waals surface area contributed by atoms with E-state index in [1.807, 2.05) is 0 Å². The zero-order valence-electron chi connectivity index (χ0n) is 11.4. The summed E-state index contributed by atoms with van der Waals surface area (Å²) < 4.78 is 36.2. The van der Waals surface area contributed by atoms with Gasteiger partial charge in [0.2, 0.25) is 10.0 Å². The van der Waals surface area contributed by atoms with Crippen molar-refractivity contribution in [2.45, 2.75) is 11.8 Å². The summed E-state index contributed by atoms with van der Waals surface area (Å²) >= 11 is 0. The second-order valence-electron chi connectivity index (χ2n) is 3.89. The number of methoxy groups -OCH3 is 2. The molecule has 0 aromatic heterocycles. The zero-order valence-corrected chi connectivity index (χ0v) is 12.2.